The minimum atomic E-state index is -0.660. The van der Waals surface area contributed by atoms with Crippen molar-refractivity contribution in [2.45, 2.75) is 83.8 Å². The highest BCUT2D eigenvalue weighted by Gasteiger charge is 2.52. The number of halogens is 3. The lowest BCUT2D eigenvalue weighted by atomic mass is 9.53. The normalized spacial score (nSPS) is 32.9. The Bertz CT molecular complexity index is 936. The number of carbonyl (C=O) groups excluding carboxylic acids is 1. The molecule has 1 saturated heterocycles. The Morgan fingerprint density at radius 2 is 1.79 bits per heavy atom. The van der Waals surface area contributed by atoms with Crippen molar-refractivity contribution < 1.29 is 13.6 Å². The quantitative estimate of drug-likeness (QED) is 0.434. The van der Waals surface area contributed by atoms with Crippen LogP contribution in [0.4, 0.5) is 14.5 Å². The zero-order valence-electron chi connectivity index (χ0n) is 20.4. The molecule has 0 radical (unpaired) electrons. The predicted octanol–water partition coefficient (Wildman–Crippen LogP) is 6.55. The predicted molar refractivity (Wildman–Crippen MR) is 138 cm³/mol. The molecule has 4 nitrogen and oxygen atoms in total. The molecular weight excluding hydrogens is 476 g/mol. The van der Waals surface area contributed by atoms with Crippen molar-refractivity contribution in [3.63, 3.8) is 0 Å². The van der Waals surface area contributed by atoms with Crippen molar-refractivity contribution in [2.75, 3.05) is 17.2 Å². The standard InChI is InChI=1S/C26H35F2N3OS.ClH/c1-4-5-6-30-24(31(17(3)32)23-11-21(27)10-22(28)16(23)2)15-33-25(30)29-26-12-18-7-19(13-26)9-20(8-18)14-26;/h10-11,18-20,24H,4-9,12-15H2,1-3H3;1H. The van der Waals surface area contributed by atoms with Gasteiger partial charge in [0.1, 0.15) is 17.8 Å². The second kappa shape index (κ2) is 9.96. The second-order valence-corrected chi connectivity index (χ2v) is 11.8. The lowest BCUT2D eigenvalue weighted by Crippen LogP contribution is -2.52. The molecule has 6 rings (SSSR count). The van der Waals surface area contributed by atoms with Gasteiger partial charge >= 0.3 is 0 Å². The number of anilines is 1. The molecule has 1 amide bonds. The van der Waals surface area contributed by atoms with Crippen LogP contribution in [0.1, 0.15) is 70.8 Å². The number of rotatable bonds is 6. The molecule has 34 heavy (non-hydrogen) atoms. The monoisotopic (exact) mass is 511 g/mol. The molecule has 0 aromatic heterocycles. The second-order valence-electron chi connectivity index (χ2n) is 10.8. The van der Waals surface area contributed by atoms with Gasteiger partial charge in [0, 0.05) is 30.9 Å². The summed E-state index contributed by atoms with van der Waals surface area (Å²) in [7, 11) is 0. The average molecular weight is 512 g/mol. The van der Waals surface area contributed by atoms with E-state index in [1.807, 2.05) is 0 Å². The molecule has 5 fully saturated rings. The molecule has 4 bridgehead atoms. The van der Waals surface area contributed by atoms with Gasteiger partial charge in [-0.3, -0.25) is 14.7 Å². The zero-order valence-corrected chi connectivity index (χ0v) is 22.0. The molecule has 5 aliphatic rings. The molecule has 1 heterocycles. The number of nitrogens with zero attached hydrogens (tertiary/aromatic N) is 3. The van der Waals surface area contributed by atoms with Gasteiger partial charge in [-0.05, 0) is 75.7 Å². The maximum atomic E-state index is 14.4. The summed E-state index contributed by atoms with van der Waals surface area (Å²) in [6, 6.07) is 2.17. The lowest BCUT2D eigenvalue weighted by molar-refractivity contribution is -0.117. The first kappa shape index (κ1) is 25.7. The van der Waals surface area contributed by atoms with E-state index in [2.05, 4.69) is 11.8 Å². The fourth-order valence-electron chi connectivity index (χ4n) is 7.16. The number of aliphatic imine (C=N–C) groups is 1. The fourth-order valence-corrected chi connectivity index (χ4v) is 8.42. The van der Waals surface area contributed by atoms with Crippen LogP contribution in [-0.2, 0) is 4.79 Å². The van der Waals surface area contributed by atoms with Gasteiger partial charge in [-0.25, -0.2) is 8.78 Å². The molecule has 1 atom stereocenters. The first-order valence-corrected chi connectivity index (χ1v) is 13.5. The van der Waals surface area contributed by atoms with Crippen LogP contribution in [0.2, 0.25) is 0 Å². The van der Waals surface area contributed by atoms with Gasteiger partial charge in [-0.2, -0.15) is 0 Å². The van der Waals surface area contributed by atoms with E-state index < -0.39 is 11.6 Å². The number of hydrogen-bond acceptors (Lipinski definition) is 3. The molecular formula is C26H36ClF2N3OS. The Kier molecular flexibility index (Phi) is 7.54. The number of hydrogen-bond donors (Lipinski definition) is 0. The number of benzene rings is 1. The summed E-state index contributed by atoms with van der Waals surface area (Å²) >= 11 is 1.71. The Balaban J connectivity index is 0.00000274. The molecule has 4 saturated carbocycles. The van der Waals surface area contributed by atoms with E-state index in [4.69, 9.17) is 4.99 Å². The fraction of sp³-hybridized carbons (Fsp3) is 0.692. The Morgan fingerprint density at radius 3 is 2.35 bits per heavy atom. The van der Waals surface area contributed by atoms with E-state index in [-0.39, 0.29) is 30.0 Å². The molecule has 4 aliphatic carbocycles. The Hall–Kier alpha value is -1.34. The SMILES string of the molecule is CCCCN1C(=NC23CC4CC(CC(C4)C2)C3)SCC1N(C(C)=O)c1cc(F)cc(F)c1C.Cl. The van der Waals surface area contributed by atoms with Crippen LogP contribution >= 0.6 is 24.2 Å². The van der Waals surface area contributed by atoms with Crippen LogP contribution < -0.4 is 4.90 Å². The van der Waals surface area contributed by atoms with Crippen molar-refractivity contribution in [2.24, 2.45) is 22.7 Å². The molecule has 0 spiro atoms. The third-order valence-electron chi connectivity index (χ3n) is 8.24. The maximum Gasteiger partial charge on any atom is 0.225 e. The van der Waals surface area contributed by atoms with E-state index >= 15 is 0 Å². The van der Waals surface area contributed by atoms with Crippen molar-refractivity contribution >= 4 is 40.9 Å². The molecule has 1 aromatic carbocycles. The minimum absolute atomic E-state index is 0. The van der Waals surface area contributed by atoms with Gasteiger partial charge in [0.25, 0.3) is 0 Å². The van der Waals surface area contributed by atoms with Gasteiger partial charge in [-0.1, -0.05) is 25.1 Å². The highest BCUT2D eigenvalue weighted by molar-refractivity contribution is 8.14. The zero-order chi connectivity index (χ0) is 23.3. The Labute approximate surface area is 212 Å². The first-order chi connectivity index (χ1) is 15.8. The topological polar surface area (TPSA) is 35.9 Å². The smallest absolute Gasteiger partial charge is 0.225 e. The van der Waals surface area contributed by atoms with Crippen LogP contribution in [0.3, 0.4) is 0 Å². The molecule has 188 valence electrons. The summed E-state index contributed by atoms with van der Waals surface area (Å²) < 4.78 is 28.6. The summed E-state index contributed by atoms with van der Waals surface area (Å²) in [6.07, 6.45) is 9.45. The van der Waals surface area contributed by atoms with Crippen molar-refractivity contribution in [3.8, 4) is 0 Å². The largest absolute Gasteiger partial charge is 0.330 e. The van der Waals surface area contributed by atoms with Gasteiger partial charge in [-0.15, -0.1) is 12.4 Å². The number of unbranched alkanes of at least 4 members (excludes halogenated alkanes) is 1. The number of amidine groups is 1. The van der Waals surface area contributed by atoms with Gasteiger partial charge in [0.15, 0.2) is 5.17 Å². The first-order valence-electron chi connectivity index (χ1n) is 12.5. The van der Waals surface area contributed by atoms with E-state index in [1.54, 1.807) is 23.6 Å². The van der Waals surface area contributed by atoms with E-state index in [0.29, 0.717) is 17.0 Å². The van der Waals surface area contributed by atoms with Crippen LogP contribution in [0.15, 0.2) is 17.1 Å². The molecule has 1 aliphatic heterocycles. The number of carbonyl (C=O) groups is 1. The van der Waals surface area contributed by atoms with Gasteiger partial charge in [0.05, 0.1) is 11.2 Å². The van der Waals surface area contributed by atoms with E-state index in [1.165, 1.54) is 51.5 Å². The average Bonchev–Trinajstić information content (AvgIpc) is 3.10. The molecule has 0 N–H and O–H groups in total. The summed E-state index contributed by atoms with van der Waals surface area (Å²) in [5, 5.41) is 1.02. The van der Waals surface area contributed by atoms with Gasteiger partial charge in [0.2, 0.25) is 5.91 Å². The Morgan fingerprint density at radius 1 is 1.18 bits per heavy atom. The van der Waals surface area contributed by atoms with E-state index in [9.17, 15) is 13.6 Å². The molecule has 8 heteroatoms. The van der Waals surface area contributed by atoms with Crippen LogP contribution in [0.5, 0.6) is 0 Å². The molecule has 1 aromatic rings. The van der Waals surface area contributed by atoms with E-state index in [0.717, 1.165) is 48.4 Å². The summed E-state index contributed by atoms with van der Waals surface area (Å²) in [4.78, 5) is 22.1. The van der Waals surface area contributed by atoms with Crippen LogP contribution in [0.25, 0.3) is 0 Å². The third kappa shape index (κ3) is 4.71. The summed E-state index contributed by atoms with van der Waals surface area (Å²) in [5.41, 5.74) is 0.680. The van der Waals surface area contributed by atoms with Crippen molar-refractivity contribution in [1.29, 1.82) is 0 Å². The van der Waals surface area contributed by atoms with Crippen molar-refractivity contribution in [1.82, 2.24) is 4.90 Å². The third-order valence-corrected chi connectivity index (χ3v) is 9.29. The summed E-state index contributed by atoms with van der Waals surface area (Å²) in [5.74, 6) is 1.63. The lowest BCUT2D eigenvalue weighted by Gasteiger charge is -2.55. The number of thioether (sulfide) groups is 1. The van der Waals surface area contributed by atoms with Crippen molar-refractivity contribution in [3.05, 3.63) is 29.3 Å². The van der Waals surface area contributed by atoms with Crippen LogP contribution in [0, 0.1) is 36.3 Å². The minimum Gasteiger partial charge on any atom is -0.330 e. The number of amides is 1. The summed E-state index contributed by atoms with van der Waals surface area (Å²) in [6.45, 7) is 6.05. The highest BCUT2D eigenvalue weighted by Crippen LogP contribution is 2.57. The molecule has 1 unspecified atom stereocenters. The van der Waals surface area contributed by atoms with Gasteiger partial charge < -0.3 is 4.90 Å². The highest BCUT2D eigenvalue weighted by atomic mass is 35.5. The maximum absolute atomic E-state index is 14.4. The van der Waals surface area contributed by atoms with Crippen LogP contribution in [-0.4, -0.2) is 40.0 Å².